The van der Waals surface area contributed by atoms with Crippen molar-refractivity contribution in [2.24, 2.45) is 7.05 Å². The van der Waals surface area contributed by atoms with Crippen molar-refractivity contribution in [1.82, 2.24) is 14.7 Å². The van der Waals surface area contributed by atoms with Crippen molar-refractivity contribution in [2.75, 3.05) is 7.05 Å². The largest absolute Gasteiger partial charge is 0.433 e. The van der Waals surface area contributed by atoms with Gasteiger partial charge in [0.1, 0.15) is 11.4 Å². The average Bonchev–Trinajstić information content (AvgIpc) is 3.01. The van der Waals surface area contributed by atoms with Crippen molar-refractivity contribution in [1.29, 1.82) is 0 Å². The minimum absolute atomic E-state index is 0.384. The maximum atomic E-state index is 12.8. The quantitative estimate of drug-likeness (QED) is 0.856. The molecule has 0 radical (unpaired) electrons. The first-order valence-corrected chi connectivity index (χ1v) is 7.57. The molecule has 3 nitrogen and oxygen atoms in total. The van der Waals surface area contributed by atoms with Gasteiger partial charge < -0.3 is 0 Å². The van der Waals surface area contributed by atoms with Crippen LogP contribution in [0.5, 0.6) is 0 Å². The third kappa shape index (κ3) is 3.13. The van der Waals surface area contributed by atoms with E-state index in [0.29, 0.717) is 11.7 Å². The lowest BCUT2D eigenvalue weighted by atomic mass is 10.3. The number of halogens is 3. The maximum absolute atomic E-state index is 12.8. The highest BCUT2D eigenvalue weighted by atomic mass is 32.1. The highest BCUT2D eigenvalue weighted by Crippen LogP contribution is 2.35. The summed E-state index contributed by atoms with van der Waals surface area (Å²) in [5.41, 5.74) is -0.335. The summed E-state index contributed by atoms with van der Waals surface area (Å²) in [6, 6.07) is 5.60. The van der Waals surface area contributed by atoms with Gasteiger partial charge in [0.2, 0.25) is 0 Å². The summed E-state index contributed by atoms with van der Waals surface area (Å²) in [5, 5.41) is 3.98. The molecule has 21 heavy (non-hydrogen) atoms. The summed E-state index contributed by atoms with van der Waals surface area (Å²) in [7, 11) is 3.40. The lowest BCUT2D eigenvalue weighted by Gasteiger charge is -2.13. The number of nitrogens with zero attached hydrogens (tertiary/aromatic N) is 3. The monoisotopic (exact) mass is 315 g/mol. The van der Waals surface area contributed by atoms with Crippen molar-refractivity contribution >= 4 is 11.3 Å². The second kappa shape index (κ2) is 5.14. The van der Waals surface area contributed by atoms with Crippen LogP contribution in [0.4, 0.5) is 13.2 Å². The van der Waals surface area contributed by atoms with E-state index in [1.54, 1.807) is 0 Å². The molecule has 2 aromatic heterocycles. The van der Waals surface area contributed by atoms with Gasteiger partial charge in [0, 0.05) is 24.5 Å². The Kier molecular flexibility index (Phi) is 3.57. The Morgan fingerprint density at radius 1 is 1.38 bits per heavy atom. The van der Waals surface area contributed by atoms with E-state index in [4.69, 9.17) is 0 Å². The molecular formula is C14H16F3N3S. The molecule has 0 spiro atoms. The van der Waals surface area contributed by atoms with Gasteiger partial charge in [-0.3, -0.25) is 9.58 Å². The Bertz CT molecular complexity index is 640. The Morgan fingerprint density at radius 2 is 2.10 bits per heavy atom. The van der Waals surface area contributed by atoms with Gasteiger partial charge in [0.25, 0.3) is 0 Å². The van der Waals surface area contributed by atoms with Crippen LogP contribution in [-0.2, 0) is 19.8 Å². The molecule has 0 atom stereocenters. The molecule has 3 rings (SSSR count). The van der Waals surface area contributed by atoms with Crippen LogP contribution in [0.25, 0.3) is 10.6 Å². The van der Waals surface area contributed by atoms with Crippen LogP contribution in [0.15, 0.2) is 18.2 Å². The molecule has 1 fully saturated rings. The van der Waals surface area contributed by atoms with Crippen molar-refractivity contribution in [3.63, 3.8) is 0 Å². The summed E-state index contributed by atoms with van der Waals surface area (Å²) in [6.07, 6.45) is -1.89. The normalized spacial score (nSPS) is 15.9. The Balaban J connectivity index is 1.79. The van der Waals surface area contributed by atoms with E-state index in [1.807, 2.05) is 12.1 Å². The van der Waals surface area contributed by atoms with Crippen molar-refractivity contribution in [3.8, 4) is 10.6 Å². The van der Waals surface area contributed by atoms with Crippen LogP contribution in [-0.4, -0.2) is 27.8 Å². The zero-order valence-corrected chi connectivity index (χ0v) is 12.6. The molecule has 0 bridgehead atoms. The molecular weight excluding hydrogens is 299 g/mol. The molecule has 1 aliphatic carbocycles. The first-order chi connectivity index (χ1) is 9.84. The molecule has 0 aromatic carbocycles. The van der Waals surface area contributed by atoms with E-state index in [2.05, 4.69) is 17.0 Å². The highest BCUT2D eigenvalue weighted by Gasteiger charge is 2.35. The van der Waals surface area contributed by atoms with E-state index in [-0.39, 0.29) is 0 Å². The fourth-order valence-corrected chi connectivity index (χ4v) is 3.37. The van der Waals surface area contributed by atoms with Crippen LogP contribution < -0.4 is 0 Å². The van der Waals surface area contributed by atoms with E-state index in [1.165, 1.54) is 31.2 Å². The summed E-state index contributed by atoms with van der Waals surface area (Å²) in [6.45, 7) is 0.842. The predicted molar refractivity (Wildman–Crippen MR) is 76.0 cm³/mol. The minimum Gasteiger partial charge on any atom is -0.298 e. The van der Waals surface area contributed by atoms with Gasteiger partial charge in [-0.05, 0) is 38.1 Å². The second-order valence-corrected chi connectivity index (χ2v) is 6.62. The fourth-order valence-electron chi connectivity index (χ4n) is 2.34. The van der Waals surface area contributed by atoms with E-state index in [9.17, 15) is 13.2 Å². The van der Waals surface area contributed by atoms with Gasteiger partial charge in [-0.1, -0.05) is 0 Å². The molecule has 1 aliphatic rings. The van der Waals surface area contributed by atoms with Crippen molar-refractivity contribution in [2.45, 2.75) is 31.6 Å². The van der Waals surface area contributed by atoms with E-state index < -0.39 is 11.9 Å². The SMILES string of the molecule is CN(Cc1ccc(-c2cc(C(F)(F)F)n(C)n2)s1)C1CC1. The standard InChI is InChI=1S/C14H16F3N3S/c1-19(9-3-4-9)8-10-5-6-12(21-10)11-7-13(14(15,16)17)20(2)18-11/h5-7,9H,3-4,8H2,1-2H3. The van der Waals surface area contributed by atoms with Crippen molar-refractivity contribution < 1.29 is 13.2 Å². The third-order valence-corrected chi connectivity index (χ3v) is 4.75. The molecule has 0 N–H and O–H groups in total. The molecule has 0 amide bonds. The predicted octanol–water partition coefficient (Wildman–Crippen LogP) is 3.76. The van der Waals surface area contributed by atoms with Crippen LogP contribution in [0.1, 0.15) is 23.4 Å². The Hall–Kier alpha value is -1.34. The lowest BCUT2D eigenvalue weighted by Crippen LogP contribution is -2.19. The van der Waals surface area contributed by atoms with E-state index >= 15 is 0 Å². The lowest BCUT2D eigenvalue weighted by molar-refractivity contribution is -0.143. The number of aromatic nitrogens is 2. The maximum Gasteiger partial charge on any atom is 0.433 e. The van der Waals surface area contributed by atoms with Crippen LogP contribution >= 0.6 is 11.3 Å². The number of alkyl halides is 3. The number of thiophene rings is 1. The minimum atomic E-state index is -4.37. The summed E-state index contributed by atoms with van der Waals surface area (Å²) >= 11 is 1.51. The van der Waals surface area contributed by atoms with Crippen LogP contribution in [0, 0.1) is 0 Å². The summed E-state index contributed by atoms with van der Waals surface area (Å²) in [5.74, 6) is 0. The molecule has 0 saturated heterocycles. The van der Waals surface area contributed by atoms with Gasteiger partial charge in [-0.15, -0.1) is 11.3 Å². The smallest absolute Gasteiger partial charge is 0.298 e. The fraction of sp³-hybridized carbons (Fsp3) is 0.500. The second-order valence-electron chi connectivity index (χ2n) is 5.45. The van der Waals surface area contributed by atoms with E-state index in [0.717, 1.165) is 27.0 Å². The van der Waals surface area contributed by atoms with Gasteiger partial charge in [0.05, 0.1) is 4.88 Å². The zero-order valence-electron chi connectivity index (χ0n) is 11.8. The zero-order chi connectivity index (χ0) is 15.2. The number of aryl methyl sites for hydroxylation is 1. The average molecular weight is 315 g/mol. The number of rotatable bonds is 4. The van der Waals surface area contributed by atoms with Gasteiger partial charge in [-0.25, -0.2) is 0 Å². The summed E-state index contributed by atoms with van der Waals surface area (Å²) < 4.78 is 39.3. The highest BCUT2D eigenvalue weighted by molar-refractivity contribution is 7.15. The molecule has 2 heterocycles. The number of hydrogen-bond donors (Lipinski definition) is 0. The third-order valence-electron chi connectivity index (χ3n) is 3.66. The van der Waals surface area contributed by atoms with Crippen LogP contribution in [0.3, 0.4) is 0 Å². The molecule has 114 valence electrons. The van der Waals surface area contributed by atoms with Gasteiger partial charge in [-0.2, -0.15) is 18.3 Å². The molecule has 0 aliphatic heterocycles. The summed E-state index contributed by atoms with van der Waals surface area (Å²) in [4.78, 5) is 4.22. The Labute approximate surface area is 125 Å². The first-order valence-electron chi connectivity index (χ1n) is 6.75. The topological polar surface area (TPSA) is 21.1 Å². The molecule has 1 saturated carbocycles. The van der Waals surface area contributed by atoms with Gasteiger partial charge in [0.15, 0.2) is 0 Å². The first kappa shape index (κ1) is 14.6. The molecule has 2 aromatic rings. The van der Waals surface area contributed by atoms with Gasteiger partial charge >= 0.3 is 6.18 Å². The number of hydrogen-bond acceptors (Lipinski definition) is 3. The van der Waals surface area contributed by atoms with Crippen LogP contribution in [0.2, 0.25) is 0 Å². The molecule has 0 unspecified atom stereocenters. The Morgan fingerprint density at radius 3 is 2.67 bits per heavy atom. The molecule has 7 heteroatoms. The van der Waals surface area contributed by atoms with Crippen molar-refractivity contribution in [3.05, 3.63) is 28.8 Å².